The van der Waals surface area contributed by atoms with Crippen LogP contribution in [0, 0.1) is 11.3 Å². The van der Waals surface area contributed by atoms with E-state index in [4.69, 9.17) is 0 Å². The lowest BCUT2D eigenvalue weighted by molar-refractivity contribution is -0.0496. The molecule has 0 aromatic heterocycles. The van der Waals surface area contributed by atoms with Gasteiger partial charge in [-0.2, -0.15) is 17.5 Å². The van der Waals surface area contributed by atoms with Crippen molar-refractivity contribution in [1.29, 1.82) is 0 Å². The highest BCUT2D eigenvalue weighted by molar-refractivity contribution is 14.0. The molecule has 0 atom stereocenters. The zero-order valence-electron chi connectivity index (χ0n) is 17.1. The van der Waals surface area contributed by atoms with Gasteiger partial charge in [-0.3, -0.25) is 4.99 Å². The molecule has 11 heteroatoms. The van der Waals surface area contributed by atoms with Crippen molar-refractivity contribution < 1.29 is 21.6 Å². The van der Waals surface area contributed by atoms with E-state index in [1.807, 2.05) is 6.92 Å². The Hall–Kier alpha value is -0.300. The second kappa shape index (κ2) is 11.8. The van der Waals surface area contributed by atoms with Crippen molar-refractivity contribution in [3.05, 3.63) is 0 Å². The predicted molar refractivity (Wildman–Crippen MR) is 117 cm³/mol. The molecule has 2 N–H and O–H groups in total. The van der Waals surface area contributed by atoms with Crippen LogP contribution in [0.4, 0.5) is 13.2 Å². The summed E-state index contributed by atoms with van der Waals surface area (Å²) in [4.78, 5) is 4.51. The minimum Gasteiger partial charge on any atom is -0.357 e. The maximum absolute atomic E-state index is 12.6. The van der Waals surface area contributed by atoms with Crippen molar-refractivity contribution in [3.8, 4) is 0 Å². The summed E-state index contributed by atoms with van der Waals surface area (Å²) in [6, 6.07) is 0. The van der Waals surface area contributed by atoms with E-state index in [9.17, 15) is 21.6 Å². The number of aliphatic imine (C=N–C) groups is 1. The summed E-state index contributed by atoms with van der Waals surface area (Å²) in [6.07, 6.45) is 2.86. The summed E-state index contributed by atoms with van der Waals surface area (Å²) in [5.74, 6) is 0.770. The van der Waals surface area contributed by atoms with E-state index in [1.54, 1.807) is 0 Å². The number of rotatable bonds is 7. The Morgan fingerprint density at radius 1 is 1.14 bits per heavy atom. The third kappa shape index (κ3) is 9.47. The van der Waals surface area contributed by atoms with Gasteiger partial charge in [-0.1, -0.05) is 20.8 Å². The fraction of sp³-hybridized carbons (Fsp3) is 0.941. The van der Waals surface area contributed by atoms with Crippen LogP contribution in [0.5, 0.6) is 0 Å². The number of guanidine groups is 1. The van der Waals surface area contributed by atoms with Crippen molar-refractivity contribution in [2.45, 2.75) is 58.9 Å². The topological polar surface area (TPSA) is 73.8 Å². The van der Waals surface area contributed by atoms with Gasteiger partial charge < -0.3 is 10.6 Å². The fourth-order valence-electron chi connectivity index (χ4n) is 2.87. The van der Waals surface area contributed by atoms with Crippen LogP contribution in [0.25, 0.3) is 0 Å². The van der Waals surface area contributed by atoms with Crippen molar-refractivity contribution in [3.63, 3.8) is 0 Å². The van der Waals surface area contributed by atoms with Gasteiger partial charge in [0.15, 0.2) is 5.96 Å². The van der Waals surface area contributed by atoms with Gasteiger partial charge in [-0.05, 0) is 43.9 Å². The lowest BCUT2D eigenvalue weighted by atomic mass is 9.91. The number of halogens is 4. The highest BCUT2D eigenvalue weighted by atomic mass is 127. The molecule has 0 aromatic rings. The number of alkyl halides is 3. The molecule has 168 valence electrons. The number of nitrogens with one attached hydrogen (secondary N) is 2. The van der Waals surface area contributed by atoms with Gasteiger partial charge in [0.25, 0.3) is 0 Å². The molecule has 0 radical (unpaired) electrons. The third-order valence-corrected chi connectivity index (χ3v) is 6.08. The molecule has 1 fully saturated rings. The second-order valence-corrected chi connectivity index (χ2v) is 10.0. The van der Waals surface area contributed by atoms with Crippen molar-refractivity contribution in [2.75, 3.05) is 32.7 Å². The van der Waals surface area contributed by atoms with Crippen molar-refractivity contribution in [1.82, 2.24) is 14.9 Å². The highest BCUT2D eigenvalue weighted by Crippen LogP contribution is 2.30. The Bertz CT molecular complexity index is 584. The van der Waals surface area contributed by atoms with Crippen LogP contribution in [0.2, 0.25) is 0 Å². The van der Waals surface area contributed by atoms with Crippen LogP contribution < -0.4 is 10.6 Å². The van der Waals surface area contributed by atoms with E-state index in [0.717, 1.165) is 19.4 Å². The monoisotopic (exact) mass is 542 g/mol. The number of hydrogen-bond acceptors (Lipinski definition) is 3. The molecule has 1 rings (SSSR count). The van der Waals surface area contributed by atoms with Crippen LogP contribution in [0.3, 0.4) is 0 Å². The van der Waals surface area contributed by atoms with Crippen LogP contribution in [0.1, 0.15) is 53.4 Å². The average molecular weight is 542 g/mol. The normalized spacial score (nSPS) is 17.9. The van der Waals surface area contributed by atoms with Crippen LogP contribution in [-0.2, 0) is 10.0 Å². The number of hydrogen-bond donors (Lipinski definition) is 2. The first-order chi connectivity index (χ1) is 12.4. The van der Waals surface area contributed by atoms with Crippen molar-refractivity contribution in [2.24, 2.45) is 16.3 Å². The molecule has 1 aliphatic rings. The Morgan fingerprint density at radius 3 is 2.18 bits per heavy atom. The molecule has 6 nitrogen and oxygen atoms in total. The Morgan fingerprint density at radius 2 is 1.71 bits per heavy atom. The van der Waals surface area contributed by atoms with Gasteiger partial charge >= 0.3 is 15.5 Å². The molecule has 1 saturated heterocycles. The Labute approximate surface area is 184 Å². The molecule has 1 heterocycles. The van der Waals surface area contributed by atoms with E-state index in [-0.39, 0.29) is 48.4 Å². The van der Waals surface area contributed by atoms with E-state index in [1.165, 1.54) is 0 Å². The number of sulfonamides is 1. The van der Waals surface area contributed by atoms with Gasteiger partial charge in [-0.15, -0.1) is 24.0 Å². The molecular weight excluding hydrogens is 508 g/mol. The summed E-state index contributed by atoms with van der Waals surface area (Å²) in [5.41, 5.74) is -4.95. The first-order valence-corrected chi connectivity index (χ1v) is 10.9. The standard InChI is InChI=1S/C17H33F3N4O2S.HI/c1-5-21-15(22-10-6-9-16(2,3)4)23-13-14-7-11-24(12-8-14)27(25,26)17(18,19)20;/h14H,5-13H2,1-4H3,(H2,21,22,23);1H. The minimum absolute atomic E-state index is 0. The molecular formula is C17H34F3IN4O2S. The maximum Gasteiger partial charge on any atom is 0.511 e. The number of piperidine rings is 1. The molecule has 0 spiro atoms. The first kappa shape index (κ1) is 27.7. The molecule has 0 amide bonds. The quantitative estimate of drug-likeness (QED) is 0.224. The highest BCUT2D eigenvalue weighted by Gasteiger charge is 2.50. The molecule has 0 unspecified atom stereocenters. The van der Waals surface area contributed by atoms with E-state index in [2.05, 4.69) is 36.4 Å². The fourth-order valence-corrected chi connectivity index (χ4v) is 3.85. The SMILES string of the molecule is CCNC(=NCC1CCN(S(=O)(=O)C(F)(F)F)CC1)NCCCC(C)(C)C.I. The summed E-state index contributed by atoms with van der Waals surface area (Å²) in [7, 11) is -5.22. The third-order valence-electron chi connectivity index (χ3n) is 4.45. The predicted octanol–water partition coefficient (Wildman–Crippen LogP) is 3.55. The molecule has 0 saturated carbocycles. The maximum atomic E-state index is 12.6. The van der Waals surface area contributed by atoms with Crippen LogP contribution in [-0.4, -0.2) is 56.9 Å². The summed E-state index contributed by atoms with van der Waals surface area (Å²) < 4.78 is 61.2. The second-order valence-electron chi connectivity index (χ2n) is 8.10. The average Bonchev–Trinajstić information content (AvgIpc) is 2.55. The minimum atomic E-state index is -5.23. The van der Waals surface area contributed by atoms with Crippen LogP contribution >= 0.6 is 24.0 Å². The number of nitrogens with zero attached hydrogens (tertiary/aromatic N) is 2. The van der Waals surface area contributed by atoms with E-state index >= 15 is 0 Å². The summed E-state index contributed by atoms with van der Waals surface area (Å²) in [5, 5.41) is 6.43. The molecule has 28 heavy (non-hydrogen) atoms. The zero-order valence-corrected chi connectivity index (χ0v) is 20.2. The van der Waals surface area contributed by atoms with Crippen molar-refractivity contribution >= 4 is 40.0 Å². The summed E-state index contributed by atoms with van der Waals surface area (Å²) >= 11 is 0. The van der Waals surface area contributed by atoms with Crippen LogP contribution in [0.15, 0.2) is 4.99 Å². The molecule has 0 aliphatic carbocycles. The van der Waals surface area contributed by atoms with E-state index in [0.29, 0.717) is 36.2 Å². The van der Waals surface area contributed by atoms with Gasteiger partial charge in [0.1, 0.15) is 0 Å². The Kier molecular flexibility index (Phi) is 11.6. The smallest absolute Gasteiger partial charge is 0.357 e. The lowest BCUT2D eigenvalue weighted by Gasteiger charge is -2.30. The Balaban J connectivity index is 0.00000729. The van der Waals surface area contributed by atoms with Gasteiger partial charge in [-0.25, -0.2) is 8.42 Å². The van der Waals surface area contributed by atoms with Gasteiger partial charge in [0.2, 0.25) is 0 Å². The summed E-state index contributed by atoms with van der Waals surface area (Å²) in [6.45, 7) is 10.3. The molecule has 1 aliphatic heterocycles. The lowest BCUT2D eigenvalue weighted by Crippen LogP contribution is -2.45. The molecule has 0 aromatic carbocycles. The van der Waals surface area contributed by atoms with Gasteiger partial charge in [0, 0.05) is 32.7 Å². The zero-order chi connectivity index (χ0) is 20.7. The molecule has 0 bridgehead atoms. The largest absolute Gasteiger partial charge is 0.511 e. The van der Waals surface area contributed by atoms with Gasteiger partial charge in [0.05, 0.1) is 0 Å². The van der Waals surface area contributed by atoms with E-state index < -0.39 is 15.5 Å². The first-order valence-electron chi connectivity index (χ1n) is 9.45.